The molecule has 0 saturated heterocycles. The van der Waals surface area contributed by atoms with Crippen LogP contribution in [0, 0.1) is 62.6 Å². The number of hydrogen-bond donors (Lipinski definition) is 8. The van der Waals surface area contributed by atoms with Crippen molar-refractivity contribution in [3.8, 4) is 0 Å². The maximum atomic E-state index is 12.7. The fourth-order valence-electron chi connectivity index (χ4n) is 15.6. The molecule has 0 aliphatic heterocycles. The maximum Gasteiger partial charge on any atom is 0.335 e. The molecule has 0 aromatic heterocycles. The van der Waals surface area contributed by atoms with Crippen molar-refractivity contribution < 1.29 is 116 Å². The van der Waals surface area contributed by atoms with Crippen molar-refractivity contribution >= 4 is 94.5 Å². The van der Waals surface area contributed by atoms with Crippen LogP contribution in [0.4, 0.5) is 0 Å². The predicted octanol–water partition coefficient (Wildman–Crippen LogP) is 14.3. The lowest BCUT2D eigenvalue weighted by Gasteiger charge is -2.65. The standard InChI is InChI=1S/C28H37NO6.C21H29NO6.C20H27NO6.C19H25NO6.CH4/c1-18(30)22(10-19-4-6-21(7-5-19)25(33)34)8-9-23(31)29-35-24(32)14-28-13-20-11-26(2,16-28)15-27(3,12-20)17-28;1-14(23)17(13-15-5-7-16(8-6-15)20(26)27)9-10-18(24)22-28-19(25)11-12-21(2,3)4;1-13(22)16(11-14-5-7-15(8-6-14)19(25)26)9-10-17(23)21-27-18(24)12-20(2,3)4;1-12(2)9-18(23)26-20-17(22)8-7-15(13(3)21)10-14-5-4-6-16(11-14)19(24)25;/h4-7,20,22H,8-17H2,1-3H3,(H,29,31)(H,33,34);5-8,17H,9-13H2,1-4H3,(H,22,24)(H,26,27);5-8,16H,9-12H2,1-4H3,(H,21,23)(H,25,26);4-6,11-12,15H,7-10H2,1-3H3,(H,20,22)(H,24,25);1H4. The van der Waals surface area contributed by atoms with Crippen LogP contribution in [0.5, 0.6) is 0 Å². The monoisotopic (exact) mass is 1630 g/mol. The van der Waals surface area contributed by atoms with Gasteiger partial charge in [-0.05, 0) is 234 Å². The molecule has 4 amide bonds. The van der Waals surface area contributed by atoms with E-state index < -0.39 is 71.3 Å². The highest BCUT2D eigenvalue weighted by atomic mass is 16.7. The fourth-order valence-corrected chi connectivity index (χ4v) is 15.6. The second-order valence-electron chi connectivity index (χ2n) is 34.9. The smallest absolute Gasteiger partial charge is 0.335 e. The number of hydroxylamine groups is 4. The number of benzene rings is 4. The first kappa shape index (κ1) is 100. The van der Waals surface area contributed by atoms with Gasteiger partial charge in [0.05, 0.1) is 41.5 Å². The Bertz CT molecular complexity index is 4100. The Kier molecular flexibility index (Phi) is 40.2. The Morgan fingerprint density at radius 3 is 1.03 bits per heavy atom. The van der Waals surface area contributed by atoms with Crippen molar-refractivity contribution in [2.45, 2.75) is 252 Å². The normalized spacial score (nSPS) is 17.8. The summed E-state index contributed by atoms with van der Waals surface area (Å²) >= 11 is 0. The van der Waals surface area contributed by atoms with Gasteiger partial charge in [-0.3, -0.25) is 38.4 Å². The molecule has 4 aliphatic rings. The van der Waals surface area contributed by atoms with E-state index in [1.807, 2.05) is 55.4 Å². The lowest BCUT2D eigenvalue weighted by atomic mass is 9.40. The van der Waals surface area contributed by atoms with Gasteiger partial charge in [0.2, 0.25) is 0 Å². The predicted molar refractivity (Wildman–Crippen MR) is 432 cm³/mol. The highest BCUT2D eigenvalue weighted by Crippen LogP contribution is 2.70. The van der Waals surface area contributed by atoms with Crippen LogP contribution in [0.3, 0.4) is 0 Å². The van der Waals surface area contributed by atoms with Gasteiger partial charge in [0.15, 0.2) is 0 Å². The molecule has 117 heavy (non-hydrogen) atoms. The zero-order valence-electron chi connectivity index (χ0n) is 69.4. The van der Waals surface area contributed by atoms with Crippen molar-refractivity contribution in [2.24, 2.45) is 62.6 Å². The first-order chi connectivity index (χ1) is 54.0. The number of Topliss-reactive ketones (excluding diaryl/α,β-unsaturated/α-hetero) is 4. The second kappa shape index (κ2) is 46.8. The van der Waals surface area contributed by atoms with Gasteiger partial charge in [-0.1, -0.05) is 125 Å². The number of ketones is 4. The van der Waals surface area contributed by atoms with Gasteiger partial charge < -0.3 is 39.8 Å². The number of nitrogens with one attached hydrogen (secondary N) is 4. The maximum absolute atomic E-state index is 12.7. The van der Waals surface area contributed by atoms with Gasteiger partial charge in [-0.25, -0.2) is 38.4 Å². The van der Waals surface area contributed by atoms with Gasteiger partial charge in [0.25, 0.3) is 23.6 Å². The van der Waals surface area contributed by atoms with Crippen molar-refractivity contribution in [3.63, 3.8) is 0 Å². The molecule has 0 heterocycles. The average Bonchev–Trinajstić information content (AvgIpc) is 0.711. The quantitative estimate of drug-likeness (QED) is 0.0157. The van der Waals surface area contributed by atoms with Crippen molar-refractivity contribution in [1.29, 1.82) is 0 Å². The summed E-state index contributed by atoms with van der Waals surface area (Å²) in [6.07, 6.45) is 11.5. The molecule has 4 aromatic carbocycles. The molecule has 8 rings (SSSR count). The summed E-state index contributed by atoms with van der Waals surface area (Å²) in [5.74, 6) is -8.77. The number of amides is 4. The minimum Gasteiger partial charge on any atom is -0.478 e. The number of aromatic carboxylic acids is 4. The third-order valence-electron chi connectivity index (χ3n) is 20.6. The molecule has 4 saturated carbocycles. The van der Waals surface area contributed by atoms with Gasteiger partial charge in [-0.15, -0.1) is 0 Å². The van der Waals surface area contributed by atoms with Crippen molar-refractivity contribution in [3.05, 3.63) is 142 Å². The lowest BCUT2D eigenvalue weighted by Crippen LogP contribution is -2.55. The highest BCUT2D eigenvalue weighted by molar-refractivity contribution is 5.90. The second-order valence-corrected chi connectivity index (χ2v) is 34.9. The number of rotatable bonds is 35. The molecule has 4 bridgehead atoms. The number of carbonyl (C=O) groups excluding carboxylic acids is 12. The SMILES string of the molecule is C.CC(=O)C(CCC(=O)NOC(=O)CC(C)(C)C)Cc1ccc(C(=O)O)cc1.CC(=O)C(CCC(=O)NOC(=O)CC(C)C)Cc1cccc(C(=O)O)c1.CC(=O)C(CCC(=O)NOC(=O)CC12CC3CC(C)(CC(C)(C3)C1)C2)Cc1ccc(C(=O)O)cc1.CC(=O)C(CCC(=O)NOC(=O)CCC(C)(C)C)Cc1ccc(C(=O)O)cc1. The van der Waals surface area contributed by atoms with Crippen LogP contribution >= 0.6 is 0 Å². The molecular formula is C89H122N4O24. The molecule has 6 unspecified atom stereocenters. The Balaban J connectivity index is 0.000000406. The average molecular weight is 1630 g/mol. The van der Waals surface area contributed by atoms with E-state index in [4.69, 9.17) is 34.9 Å². The summed E-state index contributed by atoms with van der Waals surface area (Å²) < 4.78 is 0. The Morgan fingerprint density at radius 2 is 0.726 bits per heavy atom. The minimum absolute atomic E-state index is 0. The van der Waals surface area contributed by atoms with Crippen LogP contribution in [0.25, 0.3) is 0 Å². The molecule has 4 fully saturated rings. The third-order valence-corrected chi connectivity index (χ3v) is 20.6. The Hall–Kier alpha value is -10.8. The van der Waals surface area contributed by atoms with Crippen LogP contribution < -0.4 is 21.9 Å². The Labute approximate surface area is 686 Å². The molecular weight excluding hydrogens is 1510 g/mol. The van der Waals surface area contributed by atoms with Crippen molar-refractivity contribution in [1.82, 2.24) is 21.9 Å². The van der Waals surface area contributed by atoms with Gasteiger partial charge in [0.1, 0.15) is 23.1 Å². The molecule has 4 aliphatic carbocycles. The van der Waals surface area contributed by atoms with E-state index >= 15 is 0 Å². The number of carbonyl (C=O) groups is 16. The Morgan fingerprint density at radius 1 is 0.402 bits per heavy atom. The van der Waals surface area contributed by atoms with Crippen LogP contribution in [-0.2, 0) is 103 Å². The number of hydrogen-bond acceptors (Lipinski definition) is 20. The van der Waals surface area contributed by atoms with Crippen molar-refractivity contribution in [2.75, 3.05) is 0 Å². The van der Waals surface area contributed by atoms with E-state index in [2.05, 4.69) is 40.6 Å². The fraction of sp³-hybridized carbons (Fsp3) is 0.551. The molecule has 8 N–H and O–H groups in total. The summed E-state index contributed by atoms with van der Waals surface area (Å²) in [6.45, 7) is 26.0. The van der Waals surface area contributed by atoms with Gasteiger partial charge in [0, 0.05) is 55.8 Å². The van der Waals surface area contributed by atoms with Gasteiger partial charge in [-0.2, -0.15) is 21.9 Å². The van der Waals surface area contributed by atoms with Crippen LogP contribution in [0.15, 0.2) is 97.1 Å². The summed E-state index contributed by atoms with van der Waals surface area (Å²) in [4.78, 5) is 206. The zero-order chi connectivity index (χ0) is 87.1. The largest absolute Gasteiger partial charge is 0.478 e. The summed E-state index contributed by atoms with van der Waals surface area (Å²) in [5.41, 5.74) is 12.9. The molecule has 0 spiro atoms. The molecule has 6 atom stereocenters. The lowest BCUT2D eigenvalue weighted by molar-refractivity contribution is -0.176. The van der Waals surface area contributed by atoms with E-state index in [0.29, 0.717) is 80.1 Å². The van der Waals surface area contributed by atoms with Gasteiger partial charge >= 0.3 is 47.8 Å². The summed E-state index contributed by atoms with van der Waals surface area (Å²) in [6, 6.07) is 25.3. The topological polar surface area (TPSA) is 439 Å². The highest BCUT2D eigenvalue weighted by Gasteiger charge is 2.60. The van der Waals surface area contributed by atoms with E-state index in [1.54, 1.807) is 48.5 Å². The number of carboxylic acids is 4. The molecule has 4 aromatic rings. The molecule has 642 valence electrons. The molecule has 28 heteroatoms. The van der Waals surface area contributed by atoms with Crippen LogP contribution in [0.1, 0.15) is 290 Å². The van der Waals surface area contributed by atoms with E-state index in [-0.39, 0.29) is 150 Å². The molecule has 0 radical (unpaired) electrons. The first-order valence-electron chi connectivity index (χ1n) is 39.3. The van der Waals surface area contributed by atoms with E-state index in [0.717, 1.165) is 36.0 Å². The van der Waals surface area contributed by atoms with E-state index in [9.17, 15) is 76.7 Å². The number of carboxylic acid groups (broad SMARTS) is 4. The zero-order valence-corrected chi connectivity index (χ0v) is 69.4. The summed E-state index contributed by atoms with van der Waals surface area (Å²) in [7, 11) is 0. The van der Waals surface area contributed by atoms with E-state index in [1.165, 1.54) is 95.5 Å². The van der Waals surface area contributed by atoms with Crippen LogP contribution in [-0.4, -0.2) is 115 Å². The third kappa shape index (κ3) is 38.7. The minimum atomic E-state index is -1.03. The van der Waals surface area contributed by atoms with Crippen LogP contribution in [0.2, 0.25) is 0 Å². The molecule has 28 nitrogen and oxygen atoms in total. The summed E-state index contributed by atoms with van der Waals surface area (Å²) in [5, 5.41) is 35.9. The first-order valence-corrected chi connectivity index (χ1v) is 39.3.